The molecule has 12 heavy (non-hydrogen) atoms. The van der Waals surface area contributed by atoms with E-state index in [9.17, 15) is 9.18 Å². The lowest BCUT2D eigenvalue weighted by Gasteiger charge is -1.97. The Labute approximate surface area is 70.2 Å². The molecule has 0 aliphatic carbocycles. The molecule has 1 aromatic rings. The molecule has 0 aliphatic rings. The minimum absolute atomic E-state index is 0.301. The van der Waals surface area contributed by atoms with Crippen LogP contribution in [0, 0.1) is 12.2 Å². The van der Waals surface area contributed by atoms with Gasteiger partial charge < -0.3 is 5.73 Å². The molecule has 0 saturated carbocycles. The van der Waals surface area contributed by atoms with E-state index in [4.69, 9.17) is 5.73 Å². The van der Waals surface area contributed by atoms with Crippen LogP contribution in [0.1, 0.15) is 5.56 Å². The van der Waals surface area contributed by atoms with Crippen LogP contribution in [0.4, 0.5) is 4.39 Å². The lowest BCUT2D eigenvalue weighted by molar-refractivity contribution is -0.115. The van der Waals surface area contributed by atoms with Gasteiger partial charge >= 0.3 is 0 Å². The van der Waals surface area contributed by atoms with E-state index < -0.39 is 5.91 Å². The van der Waals surface area contributed by atoms with Gasteiger partial charge in [-0.25, -0.2) is 4.39 Å². The second kappa shape index (κ2) is 3.85. The number of hydrogen-bond donors (Lipinski definition) is 1. The van der Waals surface area contributed by atoms with Gasteiger partial charge in [-0.3, -0.25) is 4.79 Å². The Morgan fingerprint density at radius 2 is 2.33 bits per heavy atom. The van der Waals surface area contributed by atoms with Gasteiger partial charge in [0.2, 0.25) is 5.91 Å². The van der Waals surface area contributed by atoms with Gasteiger partial charge in [0.05, 0.1) is 6.42 Å². The first-order valence-electron chi connectivity index (χ1n) is 3.55. The lowest BCUT2D eigenvalue weighted by atomic mass is 10.1. The van der Waals surface area contributed by atoms with Crippen molar-refractivity contribution in [3.63, 3.8) is 0 Å². The minimum atomic E-state index is -0.487. The molecule has 1 amide bonds. The Bertz CT molecular complexity index is 286. The number of benzene rings is 1. The van der Waals surface area contributed by atoms with Gasteiger partial charge in [-0.15, -0.1) is 0 Å². The standard InChI is InChI=1S/C9H9FNO/c10-8-3-1-2-7(6-8)4-5-9(11)12/h1-3,5-6H,4H2,(H2,11,12). The molecule has 1 rings (SSSR count). The zero-order chi connectivity index (χ0) is 8.97. The zero-order valence-electron chi connectivity index (χ0n) is 6.46. The van der Waals surface area contributed by atoms with Crippen LogP contribution in [0.15, 0.2) is 24.3 Å². The van der Waals surface area contributed by atoms with Crippen molar-refractivity contribution in [1.29, 1.82) is 0 Å². The third-order valence-corrected chi connectivity index (χ3v) is 1.43. The Hall–Kier alpha value is -1.38. The summed E-state index contributed by atoms with van der Waals surface area (Å²) < 4.78 is 12.6. The maximum Gasteiger partial charge on any atom is 0.221 e. The van der Waals surface area contributed by atoms with Crippen LogP contribution in [-0.4, -0.2) is 5.91 Å². The Kier molecular flexibility index (Phi) is 2.80. The summed E-state index contributed by atoms with van der Waals surface area (Å²) in [6.45, 7) is 0. The molecule has 3 heteroatoms. The number of rotatable bonds is 3. The quantitative estimate of drug-likeness (QED) is 0.716. The van der Waals surface area contributed by atoms with Crippen LogP contribution < -0.4 is 5.73 Å². The van der Waals surface area contributed by atoms with E-state index in [-0.39, 0.29) is 5.82 Å². The summed E-state index contributed by atoms with van der Waals surface area (Å²) in [7, 11) is 0. The van der Waals surface area contributed by atoms with Gasteiger partial charge in [0, 0.05) is 0 Å². The van der Waals surface area contributed by atoms with Crippen molar-refractivity contribution < 1.29 is 9.18 Å². The highest BCUT2D eigenvalue weighted by molar-refractivity contribution is 5.83. The highest BCUT2D eigenvalue weighted by Gasteiger charge is 1.98. The molecule has 0 heterocycles. The first kappa shape index (κ1) is 8.71. The molecule has 2 nitrogen and oxygen atoms in total. The molecular weight excluding hydrogens is 157 g/mol. The molecule has 0 aliphatic heterocycles. The molecule has 0 unspecified atom stereocenters. The second-order valence-corrected chi connectivity index (χ2v) is 2.44. The normalized spacial score (nSPS) is 9.75. The summed E-state index contributed by atoms with van der Waals surface area (Å²) in [5, 5.41) is 0. The molecule has 1 radical (unpaired) electrons. The zero-order valence-corrected chi connectivity index (χ0v) is 6.46. The number of carbonyl (C=O) groups excluding carboxylic acids is 1. The number of nitrogens with two attached hydrogens (primary N) is 1. The van der Waals surface area contributed by atoms with Crippen molar-refractivity contribution in [1.82, 2.24) is 0 Å². The van der Waals surface area contributed by atoms with Crippen LogP contribution in [-0.2, 0) is 11.2 Å². The van der Waals surface area contributed by atoms with Gasteiger partial charge in [-0.1, -0.05) is 12.1 Å². The van der Waals surface area contributed by atoms with E-state index in [1.54, 1.807) is 12.1 Å². The smallest absolute Gasteiger partial charge is 0.221 e. The highest BCUT2D eigenvalue weighted by Crippen LogP contribution is 2.04. The first-order chi connectivity index (χ1) is 5.68. The van der Waals surface area contributed by atoms with Gasteiger partial charge in [-0.2, -0.15) is 0 Å². The molecule has 0 bridgehead atoms. The van der Waals surface area contributed by atoms with E-state index in [1.807, 2.05) is 0 Å². The van der Waals surface area contributed by atoms with Gasteiger partial charge in [0.25, 0.3) is 0 Å². The minimum Gasteiger partial charge on any atom is -0.369 e. The number of halogens is 1. The van der Waals surface area contributed by atoms with E-state index >= 15 is 0 Å². The molecule has 2 N–H and O–H groups in total. The Morgan fingerprint density at radius 1 is 1.58 bits per heavy atom. The van der Waals surface area contributed by atoms with E-state index in [2.05, 4.69) is 0 Å². The molecule has 0 fully saturated rings. The Balaban J connectivity index is 2.57. The average Bonchev–Trinajstić information content (AvgIpc) is 2.01. The van der Waals surface area contributed by atoms with Crippen molar-refractivity contribution in [2.24, 2.45) is 5.73 Å². The largest absolute Gasteiger partial charge is 0.369 e. The number of primary amides is 1. The first-order valence-corrected chi connectivity index (χ1v) is 3.55. The third kappa shape index (κ3) is 2.70. The third-order valence-electron chi connectivity index (χ3n) is 1.43. The van der Waals surface area contributed by atoms with Crippen molar-refractivity contribution >= 4 is 5.91 Å². The summed E-state index contributed by atoms with van der Waals surface area (Å²) in [5.41, 5.74) is 5.63. The van der Waals surface area contributed by atoms with Crippen LogP contribution in [0.25, 0.3) is 0 Å². The predicted octanol–water partition coefficient (Wildman–Crippen LogP) is 1.06. The highest BCUT2D eigenvalue weighted by atomic mass is 19.1. The van der Waals surface area contributed by atoms with E-state index in [0.29, 0.717) is 6.42 Å². The lowest BCUT2D eigenvalue weighted by Crippen LogP contribution is -2.12. The second-order valence-electron chi connectivity index (χ2n) is 2.44. The molecular formula is C9H9FNO. The maximum atomic E-state index is 12.6. The SMILES string of the molecule is NC(=O)[CH]Cc1cccc(F)c1. The molecule has 0 atom stereocenters. The summed E-state index contributed by atoms with van der Waals surface area (Å²) in [6, 6.07) is 6.06. The molecule has 1 aromatic carbocycles. The van der Waals surface area contributed by atoms with Crippen molar-refractivity contribution in [3.8, 4) is 0 Å². The fraction of sp³-hybridized carbons (Fsp3) is 0.111. The van der Waals surface area contributed by atoms with E-state index in [1.165, 1.54) is 18.6 Å². The Morgan fingerprint density at radius 3 is 2.92 bits per heavy atom. The van der Waals surface area contributed by atoms with Crippen molar-refractivity contribution in [3.05, 3.63) is 42.1 Å². The summed E-state index contributed by atoms with van der Waals surface area (Å²) >= 11 is 0. The van der Waals surface area contributed by atoms with Gasteiger partial charge in [-0.05, 0) is 24.1 Å². The monoisotopic (exact) mass is 166 g/mol. The predicted molar refractivity (Wildman–Crippen MR) is 43.6 cm³/mol. The van der Waals surface area contributed by atoms with Gasteiger partial charge in [0.1, 0.15) is 5.82 Å². The summed E-state index contributed by atoms with van der Waals surface area (Å²) in [5.74, 6) is -0.787. The number of hydrogen-bond acceptors (Lipinski definition) is 1. The van der Waals surface area contributed by atoms with E-state index in [0.717, 1.165) is 5.56 Å². The average molecular weight is 166 g/mol. The van der Waals surface area contributed by atoms with Gasteiger partial charge in [0.15, 0.2) is 0 Å². The number of amides is 1. The topological polar surface area (TPSA) is 43.1 Å². The van der Waals surface area contributed by atoms with Crippen LogP contribution >= 0.6 is 0 Å². The maximum absolute atomic E-state index is 12.6. The van der Waals surface area contributed by atoms with Crippen molar-refractivity contribution in [2.45, 2.75) is 6.42 Å². The fourth-order valence-corrected chi connectivity index (χ4v) is 0.882. The van der Waals surface area contributed by atoms with Crippen LogP contribution in [0.2, 0.25) is 0 Å². The van der Waals surface area contributed by atoms with Crippen molar-refractivity contribution in [2.75, 3.05) is 0 Å². The van der Waals surface area contributed by atoms with Crippen LogP contribution in [0.5, 0.6) is 0 Å². The molecule has 0 aromatic heterocycles. The molecule has 63 valence electrons. The summed E-state index contributed by atoms with van der Waals surface area (Å²) in [6.07, 6.45) is 1.70. The summed E-state index contributed by atoms with van der Waals surface area (Å²) in [4.78, 5) is 10.3. The molecule has 0 saturated heterocycles. The van der Waals surface area contributed by atoms with Crippen LogP contribution in [0.3, 0.4) is 0 Å². The fourth-order valence-electron chi connectivity index (χ4n) is 0.882. The number of carbonyl (C=O) groups is 1. The molecule has 0 spiro atoms.